The molecule has 4 atom stereocenters. The molecule has 32 heavy (non-hydrogen) atoms. The van der Waals surface area contributed by atoms with E-state index in [9.17, 15) is 14.7 Å². The molecule has 5 rings (SSSR count). The maximum absolute atomic E-state index is 13.5. The monoisotopic (exact) mass is 434 g/mol. The molecule has 3 aliphatic rings. The van der Waals surface area contributed by atoms with Crippen molar-refractivity contribution in [3.05, 3.63) is 69.9 Å². The molecule has 1 fully saturated rings. The van der Waals surface area contributed by atoms with Crippen LogP contribution in [-0.4, -0.2) is 44.7 Å². The maximum atomic E-state index is 13.5. The van der Waals surface area contributed by atoms with Crippen LogP contribution in [-0.2, 0) is 17.9 Å². The molecule has 2 aromatic heterocycles. The predicted octanol–water partition coefficient (Wildman–Crippen LogP) is 2.11. The molecule has 0 unspecified atom stereocenters. The molecule has 2 N–H and O–H groups in total. The number of aliphatic hydroxyl groups excluding tert-OH is 1. The van der Waals surface area contributed by atoms with Gasteiger partial charge in [-0.05, 0) is 55.5 Å². The van der Waals surface area contributed by atoms with Gasteiger partial charge in [0, 0.05) is 61.9 Å². The number of allylic oxidation sites excluding steroid dienone is 2. The normalized spacial score (nSPS) is 26.6. The average molecular weight is 435 g/mol. The second-order valence-corrected chi connectivity index (χ2v) is 9.02. The van der Waals surface area contributed by atoms with Gasteiger partial charge in [0.2, 0.25) is 5.91 Å². The van der Waals surface area contributed by atoms with Gasteiger partial charge in [0.15, 0.2) is 0 Å². The molecule has 2 bridgehead atoms. The fourth-order valence-corrected chi connectivity index (χ4v) is 5.90. The van der Waals surface area contributed by atoms with Crippen molar-refractivity contribution in [1.29, 1.82) is 0 Å². The van der Waals surface area contributed by atoms with E-state index in [-0.39, 0.29) is 36.1 Å². The van der Waals surface area contributed by atoms with Crippen molar-refractivity contribution in [2.45, 2.75) is 51.4 Å². The summed E-state index contributed by atoms with van der Waals surface area (Å²) >= 11 is 0. The summed E-state index contributed by atoms with van der Waals surface area (Å²) in [5.41, 5.74) is 3.86. The summed E-state index contributed by atoms with van der Waals surface area (Å²) in [4.78, 5) is 33.2. The Labute approximate surface area is 187 Å². The van der Waals surface area contributed by atoms with E-state index in [4.69, 9.17) is 0 Å². The lowest BCUT2D eigenvalue weighted by molar-refractivity contribution is -0.127. The highest BCUT2D eigenvalue weighted by atomic mass is 16.3. The summed E-state index contributed by atoms with van der Waals surface area (Å²) < 4.78 is 1.87. The Morgan fingerprint density at radius 1 is 1.31 bits per heavy atom. The highest BCUT2D eigenvalue weighted by Gasteiger charge is 2.55. The van der Waals surface area contributed by atoms with Gasteiger partial charge >= 0.3 is 0 Å². The fourth-order valence-electron chi connectivity index (χ4n) is 5.90. The van der Waals surface area contributed by atoms with Gasteiger partial charge in [0.05, 0.1) is 12.0 Å². The number of amides is 1. The first-order valence-corrected chi connectivity index (χ1v) is 11.6. The first-order valence-electron chi connectivity index (χ1n) is 11.6. The van der Waals surface area contributed by atoms with Gasteiger partial charge in [-0.25, -0.2) is 0 Å². The van der Waals surface area contributed by atoms with E-state index in [2.05, 4.69) is 21.3 Å². The maximum Gasteiger partial charge on any atom is 0.258 e. The van der Waals surface area contributed by atoms with Crippen LogP contribution >= 0.6 is 0 Å². The molecule has 1 aliphatic carbocycles. The zero-order valence-corrected chi connectivity index (χ0v) is 18.4. The zero-order valence-electron chi connectivity index (χ0n) is 18.4. The van der Waals surface area contributed by atoms with Gasteiger partial charge in [-0.1, -0.05) is 12.1 Å². The number of nitrogens with zero attached hydrogens (tertiary/aromatic N) is 3. The molecular formula is C25H30N4O3. The van der Waals surface area contributed by atoms with E-state index in [0.717, 1.165) is 41.7 Å². The Bertz CT molecular complexity index is 1090. The molecule has 1 saturated heterocycles. The predicted molar refractivity (Wildman–Crippen MR) is 122 cm³/mol. The van der Waals surface area contributed by atoms with E-state index in [1.807, 2.05) is 42.0 Å². The minimum absolute atomic E-state index is 0.0277. The van der Waals surface area contributed by atoms with E-state index in [1.54, 1.807) is 6.20 Å². The van der Waals surface area contributed by atoms with Crippen LogP contribution in [0.25, 0.3) is 5.57 Å². The number of pyridine rings is 2. The number of carbonyl (C=O) groups excluding carboxylic acids is 1. The van der Waals surface area contributed by atoms with Crippen molar-refractivity contribution < 1.29 is 9.90 Å². The van der Waals surface area contributed by atoms with Crippen molar-refractivity contribution in [2.75, 3.05) is 13.2 Å². The lowest BCUT2D eigenvalue weighted by atomic mass is 9.86. The Hall–Kier alpha value is -2.77. The van der Waals surface area contributed by atoms with Gasteiger partial charge in [0.25, 0.3) is 5.56 Å². The summed E-state index contributed by atoms with van der Waals surface area (Å²) in [6.45, 7) is 3.45. The third kappa shape index (κ3) is 3.40. The van der Waals surface area contributed by atoms with Crippen LogP contribution in [0.5, 0.6) is 0 Å². The van der Waals surface area contributed by atoms with Gasteiger partial charge < -0.3 is 15.0 Å². The number of aliphatic hydroxyl groups is 1. The minimum Gasteiger partial charge on any atom is -0.396 e. The molecule has 168 valence electrons. The fraction of sp³-hybridized carbons (Fsp3) is 0.480. The van der Waals surface area contributed by atoms with E-state index < -0.39 is 5.92 Å². The number of nitrogens with one attached hydrogen (secondary N) is 1. The SMILES string of the molecule is CCNC(=O)[C@@H]1[C@@H](CO)[C@@H]2Cn3c(ccc(C4=CCCC4)c3=O)[C@H]1N2Cc1cccnc1. The number of carbonyl (C=O) groups is 1. The molecule has 0 saturated carbocycles. The van der Waals surface area contributed by atoms with Crippen LogP contribution in [0.4, 0.5) is 0 Å². The summed E-state index contributed by atoms with van der Waals surface area (Å²) in [6.07, 6.45) is 8.81. The molecule has 1 amide bonds. The molecule has 0 radical (unpaired) electrons. The van der Waals surface area contributed by atoms with Crippen LogP contribution in [0, 0.1) is 11.8 Å². The standard InChI is InChI=1S/C25H30N4O3/c1-2-27-24(31)22-19(15-30)21-14-29-20(10-9-18(25(29)32)17-7-3-4-8-17)23(22)28(21)13-16-6-5-11-26-12-16/h5-7,9-12,19,21-23,30H,2-4,8,13-15H2,1H3,(H,27,31)/t19-,21-,22+,23+/m0/s1. The number of fused-ring (bicyclic) bond motifs is 4. The number of hydrogen-bond donors (Lipinski definition) is 2. The lowest BCUT2D eigenvalue weighted by Gasteiger charge is -2.38. The molecule has 2 aromatic rings. The van der Waals surface area contributed by atoms with Crippen molar-refractivity contribution >= 4 is 11.5 Å². The van der Waals surface area contributed by atoms with Gasteiger partial charge in [0.1, 0.15) is 0 Å². The molecule has 0 aromatic carbocycles. The Morgan fingerprint density at radius 2 is 2.19 bits per heavy atom. The van der Waals surface area contributed by atoms with Gasteiger partial charge in [-0.15, -0.1) is 0 Å². The zero-order chi connectivity index (χ0) is 22.2. The summed E-state index contributed by atoms with van der Waals surface area (Å²) in [6, 6.07) is 7.53. The largest absolute Gasteiger partial charge is 0.396 e. The number of rotatable bonds is 6. The Kier molecular flexibility index (Phi) is 5.69. The smallest absolute Gasteiger partial charge is 0.258 e. The van der Waals surface area contributed by atoms with E-state index in [1.165, 1.54) is 0 Å². The van der Waals surface area contributed by atoms with Crippen LogP contribution in [0.2, 0.25) is 0 Å². The molecule has 0 spiro atoms. The number of hydrogen-bond acceptors (Lipinski definition) is 5. The van der Waals surface area contributed by atoms with Crippen molar-refractivity contribution in [3.63, 3.8) is 0 Å². The minimum atomic E-state index is -0.411. The second kappa shape index (κ2) is 8.64. The quantitative estimate of drug-likeness (QED) is 0.727. The lowest BCUT2D eigenvalue weighted by Crippen LogP contribution is -2.46. The van der Waals surface area contributed by atoms with Crippen molar-refractivity contribution in [3.8, 4) is 0 Å². The molecule has 7 nitrogen and oxygen atoms in total. The highest BCUT2D eigenvalue weighted by Crippen LogP contribution is 2.49. The summed E-state index contributed by atoms with van der Waals surface area (Å²) in [5, 5.41) is 13.3. The first-order chi connectivity index (χ1) is 15.6. The third-order valence-electron chi connectivity index (χ3n) is 7.30. The molecule has 7 heteroatoms. The average Bonchev–Trinajstić information content (AvgIpc) is 3.39. The van der Waals surface area contributed by atoms with Crippen LogP contribution in [0.3, 0.4) is 0 Å². The summed E-state index contributed by atoms with van der Waals surface area (Å²) in [5.74, 6) is -0.707. The van der Waals surface area contributed by atoms with E-state index in [0.29, 0.717) is 19.6 Å². The van der Waals surface area contributed by atoms with Crippen LogP contribution in [0.15, 0.2) is 47.5 Å². The molecule has 4 heterocycles. The van der Waals surface area contributed by atoms with E-state index >= 15 is 0 Å². The van der Waals surface area contributed by atoms with Crippen LogP contribution in [0.1, 0.15) is 49.0 Å². The topological polar surface area (TPSA) is 87.5 Å². The first kappa shape index (κ1) is 21.1. The number of aromatic nitrogens is 2. The van der Waals surface area contributed by atoms with Crippen molar-refractivity contribution in [1.82, 2.24) is 19.8 Å². The Morgan fingerprint density at radius 3 is 2.88 bits per heavy atom. The van der Waals surface area contributed by atoms with Crippen LogP contribution < -0.4 is 10.9 Å². The second-order valence-electron chi connectivity index (χ2n) is 9.02. The van der Waals surface area contributed by atoms with Gasteiger partial charge in [-0.3, -0.25) is 19.5 Å². The third-order valence-corrected chi connectivity index (χ3v) is 7.30. The molecule has 2 aliphatic heterocycles. The highest BCUT2D eigenvalue weighted by molar-refractivity contribution is 5.80. The van der Waals surface area contributed by atoms with Gasteiger partial charge in [-0.2, -0.15) is 0 Å². The summed E-state index contributed by atoms with van der Waals surface area (Å²) in [7, 11) is 0. The molecular weight excluding hydrogens is 404 g/mol. The Balaban J connectivity index is 1.61. The van der Waals surface area contributed by atoms with Crippen molar-refractivity contribution in [2.24, 2.45) is 11.8 Å².